The van der Waals surface area contributed by atoms with E-state index in [1.165, 1.54) is 23.9 Å². The van der Waals surface area contributed by atoms with Crippen LogP contribution < -0.4 is 0 Å². The van der Waals surface area contributed by atoms with Gasteiger partial charge in [-0.25, -0.2) is 9.38 Å². The third-order valence-electron chi connectivity index (χ3n) is 3.12. The minimum Gasteiger partial charge on any atom is -0.287 e. The second-order valence-corrected chi connectivity index (χ2v) is 7.57. The van der Waals surface area contributed by atoms with Crippen LogP contribution in [0, 0.1) is 5.82 Å². The molecule has 3 rings (SSSR count). The molecule has 1 fully saturated rings. The summed E-state index contributed by atoms with van der Waals surface area (Å²) < 4.78 is 14.0. The first-order valence-electron chi connectivity index (χ1n) is 6.86. The van der Waals surface area contributed by atoms with Crippen molar-refractivity contribution in [1.29, 1.82) is 0 Å². The van der Waals surface area contributed by atoms with Gasteiger partial charge in [-0.2, -0.15) is 0 Å². The zero-order chi connectivity index (χ0) is 16.4. The fraction of sp³-hybridized carbons (Fsp3) is 0.125. The van der Waals surface area contributed by atoms with Gasteiger partial charge >= 0.3 is 0 Å². The number of amidine groups is 1. The van der Waals surface area contributed by atoms with Crippen molar-refractivity contribution >= 4 is 61.9 Å². The molecule has 3 nitrogen and oxygen atoms in total. The Hall–Kier alpha value is -1.44. The van der Waals surface area contributed by atoms with Gasteiger partial charge in [0.15, 0.2) is 5.17 Å². The number of benzene rings is 1. The van der Waals surface area contributed by atoms with Gasteiger partial charge in [0.25, 0.3) is 5.91 Å². The van der Waals surface area contributed by atoms with E-state index in [2.05, 4.69) is 20.9 Å². The van der Waals surface area contributed by atoms with Crippen molar-refractivity contribution in [3.63, 3.8) is 0 Å². The highest BCUT2D eigenvalue weighted by Crippen LogP contribution is 2.35. The molecule has 0 atom stereocenters. The molecule has 23 heavy (non-hydrogen) atoms. The van der Waals surface area contributed by atoms with Crippen molar-refractivity contribution in [2.24, 2.45) is 4.99 Å². The maximum Gasteiger partial charge on any atom is 0.266 e. The maximum atomic E-state index is 13.0. The fourth-order valence-corrected chi connectivity index (χ4v) is 4.53. The molecule has 1 saturated heterocycles. The summed E-state index contributed by atoms with van der Waals surface area (Å²) in [7, 11) is 0. The summed E-state index contributed by atoms with van der Waals surface area (Å²) in [5.74, 6) is -0.358. The van der Waals surface area contributed by atoms with Gasteiger partial charge in [-0.3, -0.25) is 9.69 Å². The third kappa shape index (κ3) is 3.73. The lowest BCUT2D eigenvalue weighted by atomic mass is 10.3. The molecule has 1 aromatic carbocycles. The minimum absolute atomic E-state index is 0.0529. The topological polar surface area (TPSA) is 32.7 Å². The Morgan fingerprint density at radius 2 is 2.09 bits per heavy atom. The number of hydrogen-bond acceptors (Lipinski definition) is 4. The van der Waals surface area contributed by atoms with E-state index in [0.717, 1.165) is 9.35 Å². The van der Waals surface area contributed by atoms with Crippen LogP contribution in [0.25, 0.3) is 6.08 Å². The van der Waals surface area contributed by atoms with Crippen molar-refractivity contribution < 1.29 is 9.18 Å². The van der Waals surface area contributed by atoms with Crippen LogP contribution in [0.2, 0.25) is 0 Å². The number of aliphatic imine (C=N–C) groups is 1. The lowest BCUT2D eigenvalue weighted by molar-refractivity contribution is -0.122. The molecular weight excluding hydrogens is 399 g/mol. The number of thiophene rings is 1. The number of thioether (sulfide) groups is 1. The van der Waals surface area contributed by atoms with Crippen LogP contribution in [0.1, 0.15) is 11.8 Å². The summed E-state index contributed by atoms with van der Waals surface area (Å²) in [6, 6.07) is 7.88. The Balaban J connectivity index is 1.91. The first-order valence-corrected chi connectivity index (χ1v) is 9.35. The Morgan fingerprint density at radius 3 is 2.70 bits per heavy atom. The summed E-state index contributed by atoms with van der Waals surface area (Å²) in [6.07, 6.45) is 1.87. The predicted octanol–water partition coefficient (Wildman–Crippen LogP) is 5.27. The van der Waals surface area contributed by atoms with Gasteiger partial charge in [-0.15, -0.1) is 11.3 Å². The van der Waals surface area contributed by atoms with Crippen LogP contribution in [-0.4, -0.2) is 22.5 Å². The summed E-state index contributed by atoms with van der Waals surface area (Å²) in [4.78, 5) is 20.2. The zero-order valence-electron chi connectivity index (χ0n) is 12.1. The molecule has 2 heterocycles. The van der Waals surface area contributed by atoms with E-state index in [0.29, 0.717) is 22.3 Å². The number of halogens is 2. The molecule has 118 valence electrons. The largest absolute Gasteiger partial charge is 0.287 e. The lowest BCUT2D eigenvalue weighted by Gasteiger charge is -2.11. The molecule has 0 unspecified atom stereocenters. The molecular formula is C16H12BrFN2OS2. The molecule has 2 aromatic rings. The standard InChI is InChI=1S/C16H12BrFN2OS2/c1-2-20-15(21)14(8-13-7-10(17)9-22-13)23-16(20)19-12-5-3-11(18)4-6-12/h3-9H,2H2,1H3/b14-8+,19-16?. The quantitative estimate of drug-likeness (QED) is 0.645. The summed E-state index contributed by atoms with van der Waals surface area (Å²) >= 11 is 6.31. The molecule has 0 saturated carbocycles. The number of hydrogen-bond donors (Lipinski definition) is 0. The van der Waals surface area contributed by atoms with Gasteiger partial charge in [-0.05, 0) is 71.0 Å². The Morgan fingerprint density at radius 1 is 1.35 bits per heavy atom. The number of amides is 1. The Bertz CT molecular complexity index is 799. The van der Waals surface area contributed by atoms with Crippen LogP contribution in [0.5, 0.6) is 0 Å². The molecule has 0 spiro atoms. The van der Waals surface area contributed by atoms with E-state index in [-0.39, 0.29) is 11.7 Å². The highest BCUT2D eigenvalue weighted by atomic mass is 79.9. The van der Waals surface area contributed by atoms with Gasteiger partial charge in [0, 0.05) is 21.3 Å². The van der Waals surface area contributed by atoms with E-state index < -0.39 is 0 Å². The van der Waals surface area contributed by atoms with E-state index in [9.17, 15) is 9.18 Å². The Kier molecular flexibility index (Phi) is 4.99. The smallest absolute Gasteiger partial charge is 0.266 e. The van der Waals surface area contributed by atoms with Crippen molar-refractivity contribution in [3.05, 3.63) is 55.8 Å². The molecule has 0 bridgehead atoms. The SMILES string of the molecule is CCN1C(=O)/C(=C\c2cc(Br)cs2)SC1=Nc1ccc(F)cc1. The van der Waals surface area contributed by atoms with Gasteiger partial charge in [0.2, 0.25) is 0 Å². The summed E-state index contributed by atoms with van der Waals surface area (Å²) in [5, 5.41) is 2.59. The molecule has 7 heteroatoms. The van der Waals surface area contributed by atoms with Gasteiger partial charge in [0.05, 0.1) is 10.6 Å². The van der Waals surface area contributed by atoms with Crippen molar-refractivity contribution in [1.82, 2.24) is 4.90 Å². The molecule has 1 aliphatic heterocycles. The number of carbonyl (C=O) groups excluding carboxylic acids is 1. The average Bonchev–Trinajstić information content (AvgIpc) is 3.06. The minimum atomic E-state index is -0.305. The number of rotatable bonds is 3. The molecule has 1 aliphatic rings. The first-order chi connectivity index (χ1) is 11.1. The average molecular weight is 411 g/mol. The summed E-state index contributed by atoms with van der Waals surface area (Å²) in [6.45, 7) is 2.45. The molecule has 0 N–H and O–H groups in total. The zero-order valence-corrected chi connectivity index (χ0v) is 15.3. The van der Waals surface area contributed by atoms with Gasteiger partial charge in [0.1, 0.15) is 5.82 Å². The van der Waals surface area contributed by atoms with Crippen LogP contribution in [0.4, 0.5) is 10.1 Å². The van der Waals surface area contributed by atoms with Crippen molar-refractivity contribution in [2.45, 2.75) is 6.92 Å². The highest BCUT2D eigenvalue weighted by molar-refractivity contribution is 9.10. The van der Waals surface area contributed by atoms with E-state index in [1.54, 1.807) is 28.4 Å². The number of likely N-dealkylation sites (N-methyl/N-ethyl adjacent to an activating group) is 1. The van der Waals surface area contributed by atoms with Crippen LogP contribution in [-0.2, 0) is 4.79 Å². The van der Waals surface area contributed by atoms with E-state index in [1.807, 2.05) is 24.4 Å². The second-order valence-electron chi connectivity index (χ2n) is 4.70. The van der Waals surface area contributed by atoms with Gasteiger partial charge in [-0.1, -0.05) is 0 Å². The van der Waals surface area contributed by atoms with Crippen LogP contribution in [0.3, 0.4) is 0 Å². The van der Waals surface area contributed by atoms with Gasteiger partial charge < -0.3 is 0 Å². The van der Waals surface area contributed by atoms with Crippen LogP contribution in [0.15, 0.2) is 50.1 Å². The molecule has 1 amide bonds. The number of carbonyl (C=O) groups is 1. The second kappa shape index (κ2) is 6.98. The predicted molar refractivity (Wildman–Crippen MR) is 98.5 cm³/mol. The molecule has 0 radical (unpaired) electrons. The third-order valence-corrected chi connectivity index (χ3v) is 5.76. The van der Waals surface area contributed by atoms with E-state index >= 15 is 0 Å². The normalized spacial score (nSPS) is 18.4. The maximum absolute atomic E-state index is 13.0. The Labute approximate surface area is 150 Å². The van der Waals surface area contributed by atoms with Crippen molar-refractivity contribution in [3.8, 4) is 0 Å². The van der Waals surface area contributed by atoms with Crippen LogP contribution >= 0.6 is 39.0 Å². The fourth-order valence-electron chi connectivity index (χ4n) is 2.03. The monoisotopic (exact) mass is 410 g/mol. The highest BCUT2D eigenvalue weighted by Gasteiger charge is 2.32. The molecule has 0 aliphatic carbocycles. The van der Waals surface area contributed by atoms with E-state index in [4.69, 9.17) is 0 Å². The first kappa shape index (κ1) is 16.4. The van der Waals surface area contributed by atoms with Crippen molar-refractivity contribution in [2.75, 3.05) is 6.54 Å². The molecule has 1 aromatic heterocycles. The summed E-state index contributed by atoms with van der Waals surface area (Å²) in [5.41, 5.74) is 0.625. The number of nitrogens with zero attached hydrogens (tertiary/aromatic N) is 2. The lowest BCUT2D eigenvalue weighted by Crippen LogP contribution is -2.28.